The summed E-state index contributed by atoms with van der Waals surface area (Å²) in [7, 11) is -2.02. The van der Waals surface area contributed by atoms with Gasteiger partial charge in [0.05, 0.1) is 15.5 Å². The molecule has 0 bridgehead atoms. The van der Waals surface area contributed by atoms with Gasteiger partial charge in [0.2, 0.25) is 10.0 Å². The largest absolute Gasteiger partial charge is 0.365 e. The number of hydrogen-bond acceptors (Lipinski definition) is 7. The van der Waals surface area contributed by atoms with Gasteiger partial charge >= 0.3 is 0 Å². The van der Waals surface area contributed by atoms with E-state index in [2.05, 4.69) is 15.0 Å². The second-order valence-corrected chi connectivity index (χ2v) is 6.92. The van der Waals surface area contributed by atoms with Gasteiger partial charge in [-0.1, -0.05) is 6.07 Å². The molecule has 0 saturated carbocycles. The predicted octanol–water partition coefficient (Wildman–Crippen LogP) is 1.61. The zero-order valence-electron chi connectivity index (χ0n) is 11.6. The Balaban J connectivity index is 2.01. The van der Waals surface area contributed by atoms with E-state index in [-0.39, 0.29) is 17.1 Å². The van der Waals surface area contributed by atoms with E-state index in [4.69, 9.17) is 0 Å². The van der Waals surface area contributed by atoms with Gasteiger partial charge in [0.25, 0.3) is 5.69 Å². The number of nitrogens with zero attached hydrogens (tertiary/aromatic N) is 2. The molecule has 1 aromatic carbocycles. The van der Waals surface area contributed by atoms with E-state index in [1.54, 1.807) is 7.05 Å². The lowest BCUT2D eigenvalue weighted by Crippen LogP contribution is -2.26. The summed E-state index contributed by atoms with van der Waals surface area (Å²) in [5.74, 6) is 0. The Kier molecular flexibility index (Phi) is 5.06. The van der Waals surface area contributed by atoms with E-state index in [1.807, 2.05) is 5.38 Å². The summed E-state index contributed by atoms with van der Waals surface area (Å²) in [6.07, 6.45) is 0.437. The molecule has 0 aliphatic rings. The highest BCUT2D eigenvalue weighted by Gasteiger charge is 2.17. The van der Waals surface area contributed by atoms with Crippen molar-refractivity contribution >= 4 is 32.2 Å². The topological polar surface area (TPSA) is 114 Å². The van der Waals surface area contributed by atoms with Crippen molar-refractivity contribution < 1.29 is 13.3 Å². The Bertz CT molecular complexity index is 773. The van der Waals surface area contributed by atoms with Crippen molar-refractivity contribution in [3.8, 4) is 0 Å². The predicted molar refractivity (Wildman–Crippen MR) is 83.6 cm³/mol. The average Bonchev–Trinajstić information content (AvgIpc) is 2.95. The van der Waals surface area contributed by atoms with Crippen LogP contribution in [0, 0.1) is 10.1 Å². The van der Waals surface area contributed by atoms with Crippen molar-refractivity contribution in [1.29, 1.82) is 0 Å². The summed E-state index contributed by atoms with van der Waals surface area (Å²) in [6, 6.07) is 4.93. The molecule has 0 aliphatic heterocycles. The Morgan fingerprint density at radius 2 is 2.18 bits per heavy atom. The molecule has 2 aromatic rings. The first-order valence-corrected chi connectivity index (χ1v) is 8.65. The number of rotatable bonds is 7. The van der Waals surface area contributed by atoms with Crippen LogP contribution in [0.25, 0.3) is 0 Å². The molecular weight excluding hydrogens is 328 g/mol. The first-order chi connectivity index (χ1) is 10.4. The Morgan fingerprint density at radius 1 is 1.41 bits per heavy atom. The molecule has 0 unspecified atom stereocenters. The maximum atomic E-state index is 12.1. The molecule has 0 aliphatic carbocycles. The quantitative estimate of drug-likeness (QED) is 0.584. The molecule has 0 saturated heterocycles. The van der Waals surface area contributed by atoms with E-state index in [9.17, 15) is 18.5 Å². The van der Waals surface area contributed by atoms with Crippen LogP contribution in [0.5, 0.6) is 0 Å². The van der Waals surface area contributed by atoms with Crippen molar-refractivity contribution in [2.45, 2.75) is 11.3 Å². The van der Waals surface area contributed by atoms with E-state index >= 15 is 0 Å². The van der Waals surface area contributed by atoms with E-state index in [1.165, 1.54) is 29.5 Å². The van der Waals surface area contributed by atoms with Crippen LogP contribution in [-0.4, -0.2) is 31.9 Å². The van der Waals surface area contributed by atoms with Gasteiger partial charge in [-0.2, -0.15) is 0 Å². The summed E-state index contributed by atoms with van der Waals surface area (Å²) >= 11 is 1.43. The van der Waals surface area contributed by atoms with Crippen molar-refractivity contribution in [3.05, 3.63) is 45.5 Å². The maximum absolute atomic E-state index is 12.1. The van der Waals surface area contributed by atoms with Crippen LogP contribution in [0.15, 0.2) is 34.5 Å². The minimum atomic E-state index is -3.78. The number of nitro benzene ring substituents is 1. The highest BCUT2D eigenvalue weighted by molar-refractivity contribution is 7.89. The van der Waals surface area contributed by atoms with Crippen molar-refractivity contribution in [1.82, 2.24) is 9.71 Å². The zero-order valence-corrected chi connectivity index (χ0v) is 13.3. The summed E-state index contributed by atoms with van der Waals surface area (Å²) in [4.78, 5) is 14.2. The lowest BCUT2D eigenvalue weighted by atomic mass is 10.3. The maximum Gasteiger partial charge on any atom is 0.270 e. The second-order valence-electron chi connectivity index (χ2n) is 4.30. The third kappa shape index (κ3) is 4.00. The third-order valence-corrected chi connectivity index (χ3v) is 5.14. The molecule has 2 N–H and O–H groups in total. The molecule has 22 heavy (non-hydrogen) atoms. The number of hydrogen-bond donors (Lipinski definition) is 2. The Labute approximate surface area is 131 Å². The van der Waals surface area contributed by atoms with Gasteiger partial charge in [-0.05, 0) is 6.07 Å². The van der Waals surface area contributed by atoms with E-state index < -0.39 is 14.9 Å². The standard InChI is InChI=1S/C12H14N4O4S2/c1-13-12-15-9(8-21-12)5-6-14-22(19,20)11-4-2-3-10(7-11)16(17)18/h2-4,7-8,14H,5-6H2,1H3,(H,13,15). The normalized spacial score (nSPS) is 11.3. The number of non-ortho nitro benzene ring substituents is 1. The van der Waals surface area contributed by atoms with Gasteiger partial charge in [0.15, 0.2) is 5.13 Å². The summed E-state index contributed by atoms with van der Waals surface area (Å²) in [5, 5.41) is 16.2. The summed E-state index contributed by atoms with van der Waals surface area (Å²) < 4.78 is 26.6. The fourth-order valence-electron chi connectivity index (χ4n) is 1.70. The molecule has 0 radical (unpaired) electrons. The average molecular weight is 342 g/mol. The first kappa shape index (κ1) is 16.3. The molecule has 0 atom stereocenters. The van der Waals surface area contributed by atoms with Crippen molar-refractivity contribution in [2.75, 3.05) is 18.9 Å². The van der Waals surface area contributed by atoms with Crippen LogP contribution in [0.1, 0.15) is 5.69 Å². The lowest BCUT2D eigenvalue weighted by Gasteiger charge is -2.05. The summed E-state index contributed by atoms with van der Waals surface area (Å²) in [5.41, 5.74) is 0.511. The second kappa shape index (κ2) is 6.81. The SMILES string of the molecule is CNc1nc(CCNS(=O)(=O)c2cccc([N+](=O)[O-])c2)cs1. The number of anilines is 1. The molecule has 0 fully saturated rings. The molecule has 1 heterocycles. The van der Waals surface area contributed by atoms with Gasteiger partial charge in [-0.15, -0.1) is 11.3 Å². The Morgan fingerprint density at radius 3 is 2.82 bits per heavy atom. The lowest BCUT2D eigenvalue weighted by molar-refractivity contribution is -0.385. The van der Waals surface area contributed by atoms with Crippen LogP contribution in [0.2, 0.25) is 0 Å². The molecule has 2 rings (SSSR count). The van der Waals surface area contributed by atoms with Gasteiger partial charge < -0.3 is 5.32 Å². The number of sulfonamides is 1. The molecule has 0 spiro atoms. The number of nitrogens with one attached hydrogen (secondary N) is 2. The number of aromatic nitrogens is 1. The minimum absolute atomic E-state index is 0.129. The third-order valence-electron chi connectivity index (χ3n) is 2.78. The smallest absolute Gasteiger partial charge is 0.270 e. The fourth-order valence-corrected chi connectivity index (χ4v) is 3.47. The van der Waals surface area contributed by atoms with Crippen LogP contribution in [0.4, 0.5) is 10.8 Å². The van der Waals surface area contributed by atoms with Crippen LogP contribution < -0.4 is 10.0 Å². The highest BCUT2D eigenvalue weighted by Crippen LogP contribution is 2.17. The van der Waals surface area contributed by atoms with Gasteiger partial charge in [-0.3, -0.25) is 10.1 Å². The monoisotopic (exact) mass is 342 g/mol. The molecule has 0 amide bonds. The number of thiazole rings is 1. The Hall–Kier alpha value is -2.04. The van der Waals surface area contributed by atoms with Gasteiger partial charge in [-0.25, -0.2) is 18.1 Å². The first-order valence-electron chi connectivity index (χ1n) is 6.28. The minimum Gasteiger partial charge on any atom is -0.365 e. The summed E-state index contributed by atoms with van der Waals surface area (Å²) in [6.45, 7) is 0.165. The molecule has 8 nitrogen and oxygen atoms in total. The van der Waals surface area contributed by atoms with Crippen LogP contribution in [0.3, 0.4) is 0 Å². The highest BCUT2D eigenvalue weighted by atomic mass is 32.2. The molecule has 10 heteroatoms. The molecular formula is C12H14N4O4S2. The van der Waals surface area contributed by atoms with Gasteiger partial charge in [0.1, 0.15) is 0 Å². The van der Waals surface area contributed by atoms with Crippen molar-refractivity contribution in [2.24, 2.45) is 0 Å². The van der Waals surface area contributed by atoms with Crippen LogP contribution >= 0.6 is 11.3 Å². The zero-order chi connectivity index (χ0) is 16.2. The van der Waals surface area contributed by atoms with Crippen LogP contribution in [-0.2, 0) is 16.4 Å². The fraction of sp³-hybridized carbons (Fsp3) is 0.250. The van der Waals surface area contributed by atoms with E-state index in [0.29, 0.717) is 6.42 Å². The number of benzene rings is 1. The molecule has 118 valence electrons. The van der Waals surface area contributed by atoms with Crippen molar-refractivity contribution in [3.63, 3.8) is 0 Å². The number of nitro groups is 1. The molecule has 1 aromatic heterocycles. The van der Waals surface area contributed by atoms with Gasteiger partial charge in [0, 0.05) is 37.5 Å². The van der Waals surface area contributed by atoms with E-state index in [0.717, 1.165) is 16.9 Å².